The molecule has 0 aliphatic heterocycles. The maximum Gasteiger partial charge on any atom is 0.416 e. The highest BCUT2D eigenvalue weighted by atomic mass is 19.4. The van der Waals surface area contributed by atoms with Gasteiger partial charge in [-0.2, -0.15) is 13.2 Å². The first kappa shape index (κ1) is 15.2. The second-order valence-corrected chi connectivity index (χ2v) is 5.65. The topological polar surface area (TPSA) is 32.3 Å². The Labute approximate surface area is 117 Å². The van der Waals surface area contributed by atoms with E-state index in [2.05, 4.69) is 5.32 Å². The van der Waals surface area contributed by atoms with Gasteiger partial charge in [-0.1, -0.05) is 19.3 Å². The van der Waals surface area contributed by atoms with Crippen LogP contribution in [0.15, 0.2) is 24.3 Å². The van der Waals surface area contributed by atoms with Crippen LogP contribution < -0.4 is 5.32 Å². The van der Waals surface area contributed by atoms with E-state index in [9.17, 15) is 18.3 Å². The maximum atomic E-state index is 12.5. The van der Waals surface area contributed by atoms with Crippen molar-refractivity contribution >= 4 is 5.69 Å². The summed E-state index contributed by atoms with van der Waals surface area (Å²) in [5.41, 5.74) is -0.102. The lowest BCUT2D eigenvalue weighted by Gasteiger charge is -2.36. The number of aliphatic hydroxyl groups is 1. The fourth-order valence-electron chi connectivity index (χ4n) is 2.76. The van der Waals surface area contributed by atoms with Crippen molar-refractivity contribution in [2.45, 2.75) is 38.3 Å². The van der Waals surface area contributed by atoms with Crippen LogP contribution in [-0.2, 0) is 6.18 Å². The van der Waals surface area contributed by atoms with Crippen molar-refractivity contribution in [3.8, 4) is 0 Å². The lowest BCUT2D eigenvalue weighted by molar-refractivity contribution is -0.137. The van der Waals surface area contributed by atoms with Gasteiger partial charge in [0.1, 0.15) is 0 Å². The van der Waals surface area contributed by atoms with E-state index in [1.54, 1.807) is 0 Å². The lowest BCUT2D eigenvalue weighted by Crippen LogP contribution is -2.35. The second-order valence-electron chi connectivity index (χ2n) is 5.65. The summed E-state index contributed by atoms with van der Waals surface area (Å²) in [5, 5.41) is 12.7. The Kier molecular flexibility index (Phi) is 4.58. The fourth-order valence-corrected chi connectivity index (χ4v) is 2.76. The standard InChI is InChI=1S/C15H20F3NO/c16-15(17,18)12-4-6-13(7-5-12)19-10-14(11-20)8-2-1-3-9-14/h4-7,19-20H,1-3,8-11H2. The molecular formula is C15H20F3NO. The predicted molar refractivity (Wildman–Crippen MR) is 72.5 cm³/mol. The third kappa shape index (κ3) is 3.66. The molecule has 5 heteroatoms. The molecular weight excluding hydrogens is 267 g/mol. The van der Waals surface area contributed by atoms with E-state index in [-0.39, 0.29) is 12.0 Å². The summed E-state index contributed by atoms with van der Waals surface area (Å²) in [6.07, 6.45) is 1.05. The molecule has 0 aromatic heterocycles. The van der Waals surface area contributed by atoms with Gasteiger partial charge in [0.15, 0.2) is 0 Å². The molecule has 0 heterocycles. The number of aliphatic hydroxyl groups excluding tert-OH is 1. The van der Waals surface area contributed by atoms with Crippen molar-refractivity contribution in [2.75, 3.05) is 18.5 Å². The number of alkyl halides is 3. The molecule has 2 rings (SSSR count). The molecule has 112 valence electrons. The molecule has 1 fully saturated rings. The minimum atomic E-state index is -4.30. The Balaban J connectivity index is 1.96. The highest BCUT2D eigenvalue weighted by Crippen LogP contribution is 2.36. The zero-order chi connectivity index (χ0) is 14.6. The lowest BCUT2D eigenvalue weighted by atomic mass is 9.74. The molecule has 1 saturated carbocycles. The van der Waals surface area contributed by atoms with Crippen LogP contribution in [0.4, 0.5) is 18.9 Å². The molecule has 1 aromatic carbocycles. The minimum Gasteiger partial charge on any atom is -0.396 e. The molecule has 0 amide bonds. The molecule has 0 unspecified atom stereocenters. The van der Waals surface area contributed by atoms with E-state index in [1.807, 2.05) is 0 Å². The van der Waals surface area contributed by atoms with Crippen molar-refractivity contribution in [3.05, 3.63) is 29.8 Å². The van der Waals surface area contributed by atoms with Crippen molar-refractivity contribution in [1.29, 1.82) is 0 Å². The highest BCUT2D eigenvalue weighted by molar-refractivity contribution is 5.45. The zero-order valence-corrected chi connectivity index (χ0v) is 11.3. The molecule has 0 atom stereocenters. The van der Waals surface area contributed by atoms with E-state index in [0.717, 1.165) is 37.8 Å². The molecule has 1 aliphatic rings. The van der Waals surface area contributed by atoms with Crippen LogP contribution >= 0.6 is 0 Å². The average Bonchev–Trinajstić information content (AvgIpc) is 2.46. The van der Waals surface area contributed by atoms with E-state index >= 15 is 0 Å². The van der Waals surface area contributed by atoms with Crippen molar-refractivity contribution in [1.82, 2.24) is 0 Å². The number of hydrogen-bond acceptors (Lipinski definition) is 2. The van der Waals surface area contributed by atoms with Crippen molar-refractivity contribution in [2.24, 2.45) is 5.41 Å². The van der Waals surface area contributed by atoms with Gasteiger partial charge in [-0.05, 0) is 37.1 Å². The quantitative estimate of drug-likeness (QED) is 0.875. The fraction of sp³-hybridized carbons (Fsp3) is 0.600. The average molecular weight is 287 g/mol. The van der Waals surface area contributed by atoms with Gasteiger partial charge in [-0.3, -0.25) is 0 Å². The third-order valence-corrected chi connectivity index (χ3v) is 4.13. The van der Waals surface area contributed by atoms with Crippen LogP contribution in [0.5, 0.6) is 0 Å². The van der Waals surface area contributed by atoms with E-state index < -0.39 is 11.7 Å². The minimum absolute atomic E-state index is 0.124. The van der Waals surface area contributed by atoms with Gasteiger partial charge in [0, 0.05) is 17.6 Å². The van der Waals surface area contributed by atoms with Gasteiger partial charge < -0.3 is 10.4 Å². The molecule has 0 saturated heterocycles. The van der Waals surface area contributed by atoms with Crippen LogP contribution in [-0.4, -0.2) is 18.3 Å². The first-order valence-electron chi connectivity index (χ1n) is 6.97. The molecule has 1 aliphatic carbocycles. The highest BCUT2D eigenvalue weighted by Gasteiger charge is 2.32. The largest absolute Gasteiger partial charge is 0.416 e. The van der Waals surface area contributed by atoms with Gasteiger partial charge in [0.25, 0.3) is 0 Å². The summed E-state index contributed by atoms with van der Waals surface area (Å²) in [6, 6.07) is 5.04. The molecule has 2 nitrogen and oxygen atoms in total. The summed E-state index contributed by atoms with van der Waals surface area (Å²) in [6.45, 7) is 0.732. The number of benzene rings is 1. The van der Waals surface area contributed by atoms with Crippen molar-refractivity contribution < 1.29 is 18.3 Å². The van der Waals surface area contributed by atoms with Gasteiger partial charge in [0.05, 0.1) is 12.2 Å². The smallest absolute Gasteiger partial charge is 0.396 e. The Morgan fingerprint density at radius 2 is 1.65 bits per heavy atom. The van der Waals surface area contributed by atoms with Crippen LogP contribution in [0.3, 0.4) is 0 Å². The number of halogens is 3. The van der Waals surface area contributed by atoms with Crippen LogP contribution in [0.25, 0.3) is 0 Å². The van der Waals surface area contributed by atoms with E-state index in [1.165, 1.54) is 18.6 Å². The van der Waals surface area contributed by atoms with Crippen LogP contribution in [0, 0.1) is 5.41 Å². The van der Waals surface area contributed by atoms with Gasteiger partial charge in [-0.15, -0.1) is 0 Å². The monoisotopic (exact) mass is 287 g/mol. The van der Waals surface area contributed by atoms with Gasteiger partial charge >= 0.3 is 6.18 Å². The summed E-state index contributed by atoms with van der Waals surface area (Å²) in [5.74, 6) is 0. The Morgan fingerprint density at radius 1 is 1.05 bits per heavy atom. The number of rotatable bonds is 4. The van der Waals surface area contributed by atoms with E-state index in [0.29, 0.717) is 12.2 Å². The third-order valence-electron chi connectivity index (χ3n) is 4.13. The molecule has 0 radical (unpaired) electrons. The Hall–Kier alpha value is -1.23. The predicted octanol–water partition coefficient (Wildman–Crippen LogP) is 4.06. The number of nitrogens with one attached hydrogen (secondary N) is 1. The summed E-state index contributed by atoms with van der Waals surface area (Å²) >= 11 is 0. The normalized spacial score (nSPS) is 18.8. The van der Waals surface area contributed by atoms with Gasteiger partial charge in [-0.25, -0.2) is 0 Å². The zero-order valence-electron chi connectivity index (χ0n) is 11.3. The molecule has 20 heavy (non-hydrogen) atoms. The number of anilines is 1. The summed E-state index contributed by atoms with van der Waals surface area (Å²) < 4.78 is 37.4. The first-order valence-corrected chi connectivity index (χ1v) is 6.97. The van der Waals surface area contributed by atoms with Crippen molar-refractivity contribution in [3.63, 3.8) is 0 Å². The van der Waals surface area contributed by atoms with Crippen LogP contribution in [0.1, 0.15) is 37.7 Å². The number of hydrogen-bond donors (Lipinski definition) is 2. The molecule has 0 bridgehead atoms. The van der Waals surface area contributed by atoms with Crippen LogP contribution in [0.2, 0.25) is 0 Å². The SMILES string of the molecule is OCC1(CNc2ccc(C(F)(F)F)cc2)CCCCC1. The first-order chi connectivity index (χ1) is 9.45. The van der Waals surface area contributed by atoms with Gasteiger partial charge in [0.2, 0.25) is 0 Å². The Bertz CT molecular complexity index is 422. The molecule has 2 N–H and O–H groups in total. The summed E-state index contributed by atoms with van der Waals surface area (Å²) in [7, 11) is 0. The summed E-state index contributed by atoms with van der Waals surface area (Å²) in [4.78, 5) is 0. The molecule has 0 spiro atoms. The van der Waals surface area contributed by atoms with E-state index in [4.69, 9.17) is 0 Å². The Morgan fingerprint density at radius 3 is 2.15 bits per heavy atom. The molecule has 1 aromatic rings. The second kappa shape index (κ2) is 6.04. The maximum absolute atomic E-state index is 12.5.